The molecule has 0 unspecified atom stereocenters. The van der Waals surface area contributed by atoms with Crippen molar-refractivity contribution in [3.8, 4) is 0 Å². The zero-order chi connectivity index (χ0) is 11.9. The number of aromatic nitrogens is 2. The molecule has 0 saturated heterocycles. The van der Waals surface area contributed by atoms with Gasteiger partial charge in [0.25, 0.3) is 0 Å². The second-order valence-corrected chi connectivity index (χ2v) is 3.82. The van der Waals surface area contributed by atoms with Gasteiger partial charge >= 0.3 is 12.1 Å². The quantitative estimate of drug-likeness (QED) is 0.870. The molecule has 16 heavy (non-hydrogen) atoms. The van der Waals surface area contributed by atoms with Gasteiger partial charge in [-0.2, -0.15) is 18.3 Å². The lowest BCUT2D eigenvalue weighted by Crippen LogP contribution is -2.18. The Morgan fingerprint density at radius 3 is 2.62 bits per heavy atom. The van der Waals surface area contributed by atoms with E-state index in [0.29, 0.717) is 4.68 Å². The van der Waals surface area contributed by atoms with Crippen LogP contribution >= 0.6 is 0 Å². The monoisotopic (exact) mass is 234 g/mol. The van der Waals surface area contributed by atoms with Crippen LogP contribution in [0, 0.1) is 0 Å². The van der Waals surface area contributed by atoms with Crippen LogP contribution in [0.2, 0.25) is 0 Å². The Morgan fingerprint density at radius 1 is 1.56 bits per heavy atom. The van der Waals surface area contributed by atoms with E-state index in [1.165, 1.54) is 0 Å². The zero-order valence-electron chi connectivity index (χ0n) is 8.16. The molecule has 1 heterocycles. The third-order valence-corrected chi connectivity index (χ3v) is 2.33. The minimum absolute atomic E-state index is 0.0144. The summed E-state index contributed by atoms with van der Waals surface area (Å²) in [6.45, 7) is -1.25. The number of aromatic carboxylic acids is 1. The van der Waals surface area contributed by atoms with Gasteiger partial charge in [-0.05, 0) is 12.8 Å². The summed E-state index contributed by atoms with van der Waals surface area (Å²) in [6.07, 6.45) is -1.85. The van der Waals surface area contributed by atoms with Crippen LogP contribution in [-0.2, 0) is 6.54 Å². The average molecular weight is 234 g/mol. The molecule has 1 aromatic heterocycles. The predicted octanol–water partition coefficient (Wildman–Crippen LogP) is 2.02. The highest BCUT2D eigenvalue weighted by Gasteiger charge is 2.34. The molecular formula is C9H9F3N2O2. The van der Waals surface area contributed by atoms with Gasteiger partial charge in [-0.15, -0.1) is 0 Å². The Morgan fingerprint density at radius 2 is 2.19 bits per heavy atom. The van der Waals surface area contributed by atoms with Crippen molar-refractivity contribution >= 4 is 5.97 Å². The first-order chi connectivity index (χ1) is 7.37. The summed E-state index contributed by atoms with van der Waals surface area (Å²) < 4.78 is 36.9. The standard InChI is InChI=1S/C9H9F3N2O2/c10-9(11,12)4-14-3-6(8(15)16)7(13-14)5-1-2-5/h3,5H,1-2,4H2,(H,15,16). The van der Waals surface area contributed by atoms with Crippen LogP contribution in [0.5, 0.6) is 0 Å². The molecule has 7 heteroatoms. The molecule has 4 nitrogen and oxygen atoms in total. The summed E-state index contributed by atoms with van der Waals surface area (Å²) in [7, 11) is 0. The Labute approximate surface area is 88.7 Å². The molecular weight excluding hydrogens is 225 g/mol. The van der Waals surface area contributed by atoms with E-state index in [-0.39, 0.29) is 17.2 Å². The minimum atomic E-state index is -4.39. The first kappa shape index (κ1) is 11.0. The molecule has 1 fully saturated rings. The lowest BCUT2D eigenvalue weighted by Gasteiger charge is -2.05. The maximum absolute atomic E-state index is 12.1. The second-order valence-electron chi connectivity index (χ2n) is 3.82. The summed E-state index contributed by atoms with van der Waals surface area (Å²) in [5.41, 5.74) is 0.156. The lowest BCUT2D eigenvalue weighted by molar-refractivity contribution is -0.142. The molecule has 1 saturated carbocycles. The van der Waals surface area contributed by atoms with Crippen LogP contribution in [0.4, 0.5) is 13.2 Å². The van der Waals surface area contributed by atoms with E-state index in [1.54, 1.807) is 0 Å². The molecule has 0 radical (unpaired) electrons. The minimum Gasteiger partial charge on any atom is -0.478 e. The summed E-state index contributed by atoms with van der Waals surface area (Å²) in [4.78, 5) is 10.8. The lowest BCUT2D eigenvalue weighted by atomic mass is 10.2. The number of hydrogen-bond acceptors (Lipinski definition) is 2. The van der Waals surface area contributed by atoms with Crippen molar-refractivity contribution in [3.05, 3.63) is 17.5 Å². The largest absolute Gasteiger partial charge is 0.478 e. The van der Waals surface area contributed by atoms with E-state index < -0.39 is 18.7 Å². The first-order valence-electron chi connectivity index (χ1n) is 4.74. The summed E-state index contributed by atoms with van der Waals surface area (Å²) in [5, 5.41) is 12.5. The fourth-order valence-electron chi connectivity index (χ4n) is 1.52. The van der Waals surface area contributed by atoms with E-state index in [9.17, 15) is 18.0 Å². The van der Waals surface area contributed by atoms with Gasteiger partial charge in [0.1, 0.15) is 12.1 Å². The van der Waals surface area contributed by atoms with E-state index in [1.807, 2.05) is 0 Å². The zero-order valence-corrected chi connectivity index (χ0v) is 8.16. The topological polar surface area (TPSA) is 55.1 Å². The number of rotatable bonds is 3. The predicted molar refractivity (Wildman–Crippen MR) is 47.2 cm³/mol. The van der Waals surface area contributed by atoms with Crippen molar-refractivity contribution in [2.24, 2.45) is 0 Å². The van der Waals surface area contributed by atoms with Gasteiger partial charge in [-0.1, -0.05) is 0 Å². The first-order valence-corrected chi connectivity index (χ1v) is 4.74. The molecule has 0 bridgehead atoms. The van der Waals surface area contributed by atoms with Gasteiger partial charge in [0, 0.05) is 12.1 Å². The SMILES string of the molecule is O=C(O)c1cn(CC(F)(F)F)nc1C1CC1. The number of carboxylic acid groups (broad SMARTS) is 1. The van der Waals surface area contributed by atoms with Gasteiger partial charge in [0.05, 0.1) is 5.69 Å². The van der Waals surface area contributed by atoms with E-state index in [4.69, 9.17) is 5.11 Å². The summed E-state index contributed by atoms with van der Waals surface area (Å²) in [6, 6.07) is 0. The molecule has 1 N–H and O–H groups in total. The van der Waals surface area contributed by atoms with E-state index >= 15 is 0 Å². The van der Waals surface area contributed by atoms with Gasteiger partial charge in [0.15, 0.2) is 0 Å². The maximum Gasteiger partial charge on any atom is 0.408 e. The average Bonchev–Trinajstić information content (AvgIpc) is 2.86. The highest BCUT2D eigenvalue weighted by molar-refractivity contribution is 5.89. The van der Waals surface area contributed by atoms with Crippen molar-refractivity contribution in [2.45, 2.75) is 31.5 Å². The smallest absolute Gasteiger partial charge is 0.408 e. The van der Waals surface area contributed by atoms with Gasteiger partial charge in [-0.3, -0.25) is 4.68 Å². The molecule has 2 rings (SSSR count). The highest BCUT2D eigenvalue weighted by Crippen LogP contribution is 2.40. The molecule has 0 aliphatic heterocycles. The number of carbonyl (C=O) groups is 1. The van der Waals surface area contributed by atoms with Crippen molar-refractivity contribution in [1.29, 1.82) is 0 Å². The van der Waals surface area contributed by atoms with Crippen molar-refractivity contribution < 1.29 is 23.1 Å². The fourth-order valence-corrected chi connectivity index (χ4v) is 1.52. The van der Waals surface area contributed by atoms with Crippen LogP contribution in [-0.4, -0.2) is 27.0 Å². The van der Waals surface area contributed by atoms with Gasteiger partial charge in [0.2, 0.25) is 0 Å². The summed E-state index contributed by atoms with van der Waals surface area (Å²) in [5.74, 6) is -1.21. The molecule has 88 valence electrons. The third-order valence-electron chi connectivity index (χ3n) is 2.33. The van der Waals surface area contributed by atoms with Crippen LogP contribution in [0.3, 0.4) is 0 Å². The maximum atomic E-state index is 12.1. The van der Waals surface area contributed by atoms with E-state index in [2.05, 4.69) is 5.10 Å². The number of nitrogens with zero attached hydrogens (tertiary/aromatic N) is 2. The molecule has 0 atom stereocenters. The molecule has 1 aliphatic carbocycles. The van der Waals surface area contributed by atoms with Crippen molar-refractivity contribution in [1.82, 2.24) is 9.78 Å². The van der Waals surface area contributed by atoms with Crippen LogP contribution < -0.4 is 0 Å². The molecule has 0 aromatic carbocycles. The van der Waals surface area contributed by atoms with Crippen LogP contribution in [0.25, 0.3) is 0 Å². The van der Waals surface area contributed by atoms with E-state index in [0.717, 1.165) is 19.0 Å². The number of halogens is 3. The van der Waals surface area contributed by atoms with Crippen molar-refractivity contribution in [3.63, 3.8) is 0 Å². The molecule has 0 amide bonds. The number of hydrogen-bond donors (Lipinski definition) is 1. The van der Waals surface area contributed by atoms with Gasteiger partial charge in [-0.25, -0.2) is 4.79 Å². The van der Waals surface area contributed by atoms with Gasteiger partial charge < -0.3 is 5.11 Å². The van der Waals surface area contributed by atoms with Crippen LogP contribution in [0.1, 0.15) is 34.8 Å². The highest BCUT2D eigenvalue weighted by atomic mass is 19.4. The molecule has 1 aliphatic rings. The third kappa shape index (κ3) is 2.34. The fraction of sp³-hybridized carbons (Fsp3) is 0.556. The second kappa shape index (κ2) is 3.50. The Bertz CT molecular complexity index is 421. The number of carboxylic acids is 1. The van der Waals surface area contributed by atoms with Crippen LogP contribution in [0.15, 0.2) is 6.20 Å². The Kier molecular flexibility index (Phi) is 2.40. The molecule has 0 spiro atoms. The molecule has 1 aromatic rings. The van der Waals surface area contributed by atoms with Crippen molar-refractivity contribution in [2.75, 3.05) is 0 Å². The normalized spacial score (nSPS) is 16.4. The Balaban J connectivity index is 2.27. The Hall–Kier alpha value is -1.53. The number of alkyl halides is 3. The summed E-state index contributed by atoms with van der Waals surface area (Å²) >= 11 is 0.